The molecule has 0 unspecified atom stereocenters. The largest absolute Gasteiger partial charge is 0.409 e. The predicted octanol–water partition coefficient (Wildman–Crippen LogP) is 3.58. The maximum atomic E-state index is 12.7. The van der Waals surface area contributed by atoms with Crippen molar-refractivity contribution in [1.82, 2.24) is 9.55 Å². The molecule has 3 aromatic rings. The highest BCUT2D eigenvalue weighted by Crippen LogP contribution is 2.38. The van der Waals surface area contributed by atoms with Gasteiger partial charge in [0.15, 0.2) is 11.6 Å². The molecule has 6 heteroatoms. The van der Waals surface area contributed by atoms with Gasteiger partial charge in [-0.3, -0.25) is 9.78 Å². The van der Waals surface area contributed by atoms with E-state index >= 15 is 0 Å². The van der Waals surface area contributed by atoms with Gasteiger partial charge in [-0.05, 0) is 41.8 Å². The Morgan fingerprint density at radius 2 is 2.07 bits per heavy atom. The van der Waals surface area contributed by atoms with Crippen molar-refractivity contribution in [3.05, 3.63) is 59.2 Å². The molecular weight excluding hydrogens is 340 g/mol. The van der Waals surface area contributed by atoms with E-state index in [-0.39, 0.29) is 17.0 Å². The Labute approximate surface area is 157 Å². The standard InChI is InChI=1S/C21H22N4O2/c1-12-11-25(17-7-21(2,3)8-18(26)19(12)17)14-5-4-13-9-23-10-16(15(13)6-14)20(22)24-27/h4-6,9-11,27H,7-8H2,1-3H3,(H2,22,24). The number of carbonyl (C=O) groups excluding carboxylic acids is 1. The van der Waals surface area contributed by atoms with Crippen molar-refractivity contribution in [2.24, 2.45) is 16.3 Å². The maximum Gasteiger partial charge on any atom is 0.172 e. The van der Waals surface area contributed by atoms with E-state index in [1.54, 1.807) is 12.4 Å². The van der Waals surface area contributed by atoms with Gasteiger partial charge < -0.3 is 15.5 Å². The number of carbonyl (C=O) groups is 1. The number of hydrogen-bond acceptors (Lipinski definition) is 4. The maximum absolute atomic E-state index is 12.7. The molecule has 4 rings (SSSR count). The zero-order chi connectivity index (χ0) is 19.3. The van der Waals surface area contributed by atoms with E-state index in [0.29, 0.717) is 12.0 Å². The number of oxime groups is 1. The highest BCUT2D eigenvalue weighted by Gasteiger charge is 2.34. The minimum Gasteiger partial charge on any atom is -0.409 e. The van der Waals surface area contributed by atoms with Crippen LogP contribution in [0, 0.1) is 12.3 Å². The van der Waals surface area contributed by atoms with Crippen molar-refractivity contribution < 1.29 is 10.0 Å². The third-order valence-electron chi connectivity index (χ3n) is 5.27. The first kappa shape index (κ1) is 17.3. The molecule has 1 aromatic carbocycles. The molecule has 0 saturated heterocycles. The van der Waals surface area contributed by atoms with Gasteiger partial charge in [0.05, 0.1) is 0 Å². The van der Waals surface area contributed by atoms with E-state index < -0.39 is 0 Å². The molecule has 0 amide bonds. The number of aryl methyl sites for hydroxylation is 1. The summed E-state index contributed by atoms with van der Waals surface area (Å²) in [7, 11) is 0. The zero-order valence-electron chi connectivity index (χ0n) is 15.7. The Kier molecular flexibility index (Phi) is 3.80. The second-order valence-electron chi connectivity index (χ2n) is 8.02. The summed E-state index contributed by atoms with van der Waals surface area (Å²) in [4.78, 5) is 16.8. The number of nitrogens with zero attached hydrogens (tertiary/aromatic N) is 3. The molecule has 3 N–H and O–H groups in total. The van der Waals surface area contributed by atoms with Gasteiger partial charge in [-0.1, -0.05) is 25.1 Å². The highest BCUT2D eigenvalue weighted by atomic mass is 16.4. The molecule has 1 aliphatic carbocycles. The molecule has 0 spiro atoms. The van der Waals surface area contributed by atoms with Crippen molar-refractivity contribution in [3.8, 4) is 5.69 Å². The third kappa shape index (κ3) is 2.77. The summed E-state index contributed by atoms with van der Waals surface area (Å²) in [5, 5.41) is 13.9. The van der Waals surface area contributed by atoms with Crippen LogP contribution in [0.3, 0.4) is 0 Å². The Bertz CT molecular complexity index is 1110. The van der Waals surface area contributed by atoms with Gasteiger partial charge >= 0.3 is 0 Å². The minimum atomic E-state index is -0.0630. The number of ketones is 1. The molecule has 1 aliphatic rings. The van der Waals surface area contributed by atoms with E-state index in [1.807, 2.05) is 31.3 Å². The van der Waals surface area contributed by atoms with Gasteiger partial charge in [0.2, 0.25) is 0 Å². The fraction of sp³-hybridized carbons (Fsp3) is 0.286. The average molecular weight is 362 g/mol. The summed E-state index contributed by atoms with van der Waals surface area (Å²) >= 11 is 0. The van der Waals surface area contributed by atoms with Crippen molar-refractivity contribution in [2.75, 3.05) is 0 Å². The number of aromatic nitrogens is 2. The lowest BCUT2D eigenvalue weighted by Crippen LogP contribution is -2.28. The first-order valence-electron chi connectivity index (χ1n) is 8.91. The van der Waals surface area contributed by atoms with Crippen molar-refractivity contribution in [1.29, 1.82) is 0 Å². The van der Waals surface area contributed by atoms with Gasteiger partial charge in [0, 0.05) is 52.9 Å². The van der Waals surface area contributed by atoms with Crippen LogP contribution >= 0.6 is 0 Å². The molecule has 138 valence electrons. The smallest absolute Gasteiger partial charge is 0.172 e. The fourth-order valence-electron chi connectivity index (χ4n) is 4.07. The molecule has 0 fully saturated rings. The average Bonchev–Trinajstić information content (AvgIpc) is 2.95. The van der Waals surface area contributed by atoms with Gasteiger partial charge in [0.25, 0.3) is 0 Å². The minimum absolute atomic E-state index is 0.0206. The van der Waals surface area contributed by atoms with Crippen LogP contribution < -0.4 is 5.73 Å². The highest BCUT2D eigenvalue weighted by molar-refractivity contribution is 6.08. The van der Waals surface area contributed by atoms with Gasteiger partial charge in [-0.15, -0.1) is 0 Å². The molecular formula is C21H22N4O2. The molecule has 0 radical (unpaired) electrons. The third-order valence-corrected chi connectivity index (χ3v) is 5.27. The first-order valence-corrected chi connectivity index (χ1v) is 8.91. The van der Waals surface area contributed by atoms with E-state index in [1.165, 1.54) is 0 Å². The summed E-state index contributed by atoms with van der Waals surface area (Å²) < 4.78 is 2.10. The predicted molar refractivity (Wildman–Crippen MR) is 105 cm³/mol. The van der Waals surface area contributed by atoms with Crippen LogP contribution in [0.25, 0.3) is 16.5 Å². The summed E-state index contributed by atoms with van der Waals surface area (Å²) in [6.45, 7) is 6.24. The summed E-state index contributed by atoms with van der Waals surface area (Å²) in [5.74, 6) is 0.229. The number of nitrogens with two attached hydrogens (primary N) is 1. The van der Waals surface area contributed by atoms with Crippen LogP contribution in [0.4, 0.5) is 0 Å². The first-order chi connectivity index (χ1) is 12.8. The van der Waals surface area contributed by atoms with Crippen molar-refractivity contribution in [3.63, 3.8) is 0 Å². The van der Waals surface area contributed by atoms with E-state index in [4.69, 9.17) is 10.9 Å². The van der Waals surface area contributed by atoms with Crippen LogP contribution in [0.5, 0.6) is 0 Å². The molecule has 0 atom stereocenters. The lowest BCUT2D eigenvalue weighted by molar-refractivity contribution is 0.0910. The summed E-state index contributed by atoms with van der Waals surface area (Å²) in [5.41, 5.74) is 10.2. The topological polar surface area (TPSA) is 93.5 Å². The van der Waals surface area contributed by atoms with Crippen LogP contribution in [-0.2, 0) is 6.42 Å². The van der Waals surface area contributed by atoms with Crippen LogP contribution in [0.2, 0.25) is 0 Å². The lowest BCUT2D eigenvalue weighted by atomic mass is 9.75. The van der Waals surface area contributed by atoms with Crippen molar-refractivity contribution in [2.45, 2.75) is 33.6 Å². The zero-order valence-corrected chi connectivity index (χ0v) is 15.7. The van der Waals surface area contributed by atoms with Gasteiger partial charge in [0.1, 0.15) is 0 Å². The molecule has 0 saturated carbocycles. The molecule has 0 bridgehead atoms. The van der Waals surface area contributed by atoms with E-state index in [2.05, 4.69) is 28.6 Å². The van der Waals surface area contributed by atoms with E-state index in [0.717, 1.165) is 39.7 Å². The van der Waals surface area contributed by atoms with E-state index in [9.17, 15) is 4.79 Å². The molecule has 2 aromatic heterocycles. The summed E-state index contributed by atoms with van der Waals surface area (Å²) in [6, 6.07) is 5.96. The number of amidine groups is 1. The van der Waals surface area contributed by atoms with Crippen molar-refractivity contribution >= 4 is 22.4 Å². The second-order valence-corrected chi connectivity index (χ2v) is 8.02. The lowest BCUT2D eigenvalue weighted by Gasteiger charge is -2.30. The number of hydrogen-bond donors (Lipinski definition) is 2. The Morgan fingerprint density at radius 1 is 1.30 bits per heavy atom. The Balaban J connectivity index is 1.94. The second kappa shape index (κ2) is 5.94. The van der Waals surface area contributed by atoms with Crippen LogP contribution in [0.1, 0.15) is 47.4 Å². The SMILES string of the molecule is Cc1cn(-c2ccc3cncc(C(N)=NO)c3c2)c2c1C(=O)CC(C)(C)C2. The summed E-state index contributed by atoms with van der Waals surface area (Å²) in [6.07, 6.45) is 6.77. The number of fused-ring (bicyclic) bond motifs is 2. The quantitative estimate of drug-likeness (QED) is 0.315. The molecule has 27 heavy (non-hydrogen) atoms. The number of pyridine rings is 1. The Hall–Kier alpha value is -3.15. The molecule has 6 nitrogen and oxygen atoms in total. The molecule has 2 heterocycles. The number of benzene rings is 1. The number of rotatable bonds is 2. The van der Waals surface area contributed by atoms with Crippen LogP contribution in [0.15, 0.2) is 41.9 Å². The molecule has 0 aliphatic heterocycles. The van der Waals surface area contributed by atoms with Crippen LogP contribution in [-0.4, -0.2) is 26.4 Å². The monoisotopic (exact) mass is 362 g/mol. The Morgan fingerprint density at radius 3 is 2.81 bits per heavy atom. The normalized spacial score (nSPS) is 16.6. The fourth-order valence-corrected chi connectivity index (χ4v) is 4.07. The van der Waals surface area contributed by atoms with Gasteiger partial charge in [-0.2, -0.15) is 0 Å². The van der Waals surface area contributed by atoms with Gasteiger partial charge in [-0.25, -0.2) is 0 Å². The number of Topliss-reactive ketones (excluding diaryl/α,β-unsaturated/α-hetero) is 1.